The largest absolute Gasteiger partial charge is 0.391 e. The summed E-state index contributed by atoms with van der Waals surface area (Å²) in [5.41, 5.74) is 0.878. The molecule has 1 saturated heterocycles. The molecule has 0 aliphatic carbocycles. The zero-order chi connectivity index (χ0) is 10.1. The molecule has 0 amide bonds. The maximum Gasteiger partial charge on any atom is 0.137 e. The van der Waals surface area contributed by atoms with E-state index in [1.165, 1.54) is 6.33 Å². The third kappa shape index (κ3) is 1.67. The quantitative estimate of drug-likeness (QED) is 0.708. The molecule has 1 atom stereocenters. The van der Waals surface area contributed by atoms with E-state index in [-0.39, 0.29) is 6.10 Å². The minimum absolute atomic E-state index is 0.247. The first kappa shape index (κ1) is 9.68. The van der Waals surface area contributed by atoms with Crippen molar-refractivity contribution in [2.24, 2.45) is 0 Å². The van der Waals surface area contributed by atoms with Crippen LogP contribution in [0.3, 0.4) is 0 Å². The summed E-state index contributed by atoms with van der Waals surface area (Å²) in [4.78, 5) is 10.1. The van der Waals surface area contributed by atoms with E-state index in [0.29, 0.717) is 11.7 Å². The first-order chi connectivity index (χ1) is 6.68. The van der Waals surface area contributed by atoms with Crippen LogP contribution in [0, 0.1) is 6.92 Å². The SMILES string of the molecule is Cc1c(Cl)ncnc1N1CCC(O)C1. The Kier molecular flexibility index (Phi) is 2.56. The first-order valence-corrected chi connectivity index (χ1v) is 4.96. The number of aliphatic hydroxyl groups is 1. The van der Waals surface area contributed by atoms with Crippen LogP contribution in [0.5, 0.6) is 0 Å². The third-order valence-electron chi connectivity index (χ3n) is 2.46. The van der Waals surface area contributed by atoms with Gasteiger partial charge in [0.1, 0.15) is 17.3 Å². The van der Waals surface area contributed by atoms with Gasteiger partial charge in [0.2, 0.25) is 0 Å². The molecule has 14 heavy (non-hydrogen) atoms. The average Bonchev–Trinajstić information content (AvgIpc) is 2.57. The van der Waals surface area contributed by atoms with Crippen molar-refractivity contribution in [1.29, 1.82) is 0 Å². The third-order valence-corrected chi connectivity index (χ3v) is 2.84. The van der Waals surface area contributed by atoms with Gasteiger partial charge in [-0.3, -0.25) is 0 Å². The van der Waals surface area contributed by atoms with Crippen LogP contribution in [0.2, 0.25) is 5.15 Å². The van der Waals surface area contributed by atoms with Gasteiger partial charge in [-0.1, -0.05) is 11.6 Å². The molecule has 0 bridgehead atoms. The van der Waals surface area contributed by atoms with Crippen molar-refractivity contribution in [2.45, 2.75) is 19.4 Å². The van der Waals surface area contributed by atoms with Crippen LogP contribution >= 0.6 is 11.6 Å². The molecule has 0 aromatic carbocycles. The molecule has 4 nitrogen and oxygen atoms in total. The molecule has 1 aliphatic heterocycles. The van der Waals surface area contributed by atoms with E-state index in [4.69, 9.17) is 11.6 Å². The van der Waals surface area contributed by atoms with E-state index in [1.807, 2.05) is 11.8 Å². The van der Waals surface area contributed by atoms with Gasteiger partial charge in [-0.05, 0) is 13.3 Å². The summed E-state index contributed by atoms with van der Waals surface area (Å²) >= 11 is 5.89. The predicted molar refractivity (Wildman–Crippen MR) is 54.6 cm³/mol. The van der Waals surface area contributed by atoms with Crippen LogP contribution < -0.4 is 4.90 Å². The van der Waals surface area contributed by atoms with Crippen LogP contribution in [0.15, 0.2) is 6.33 Å². The first-order valence-electron chi connectivity index (χ1n) is 4.58. The van der Waals surface area contributed by atoms with Crippen molar-refractivity contribution in [3.8, 4) is 0 Å². The highest BCUT2D eigenvalue weighted by atomic mass is 35.5. The number of nitrogens with zero attached hydrogens (tertiary/aromatic N) is 3. The number of rotatable bonds is 1. The van der Waals surface area contributed by atoms with Gasteiger partial charge in [-0.2, -0.15) is 0 Å². The van der Waals surface area contributed by atoms with Gasteiger partial charge in [-0.25, -0.2) is 9.97 Å². The topological polar surface area (TPSA) is 49.2 Å². The lowest BCUT2D eigenvalue weighted by atomic mass is 10.3. The van der Waals surface area contributed by atoms with Crippen molar-refractivity contribution >= 4 is 17.4 Å². The van der Waals surface area contributed by atoms with Crippen molar-refractivity contribution < 1.29 is 5.11 Å². The summed E-state index contributed by atoms with van der Waals surface area (Å²) in [6.07, 6.45) is 2.00. The fraction of sp³-hybridized carbons (Fsp3) is 0.556. The molecule has 1 aromatic heterocycles. The molecule has 1 N–H and O–H groups in total. The average molecular weight is 214 g/mol. The Hall–Kier alpha value is -0.870. The van der Waals surface area contributed by atoms with E-state index in [1.54, 1.807) is 0 Å². The number of anilines is 1. The highest BCUT2D eigenvalue weighted by Gasteiger charge is 2.23. The Balaban J connectivity index is 2.28. The maximum atomic E-state index is 9.40. The molecule has 0 saturated carbocycles. The number of aromatic nitrogens is 2. The zero-order valence-electron chi connectivity index (χ0n) is 7.94. The van der Waals surface area contributed by atoms with E-state index < -0.39 is 0 Å². The molecule has 2 rings (SSSR count). The zero-order valence-corrected chi connectivity index (χ0v) is 8.70. The standard InChI is InChI=1S/C9H12ClN3O/c1-6-8(10)11-5-12-9(6)13-3-2-7(14)4-13/h5,7,14H,2-4H2,1H3. The number of hydrogen-bond acceptors (Lipinski definition) is 4. The Morgan fingerprint density at radius 1 is 1.57 bits per heavy atom. The van der Waals surface area contributed by atoms with Crippen LogP contribution in [0.4, 0.5) is 5.82 Å². The minimum atomic E-state index is -0.247. The van der Waals surface area contributed by atoms with Crippen LogP contribution in [-0.4, -0.2) is 34.3 Å². The van der Waals surface area contributed by atoms with Gasteiger partial charge < -0.3 is 10.0 Å². The number of β-amino-alcohol motifs (C(OH)–C–C–N with tert-alkyl or cyclic N) is 1. The Morgan fingerprint density at radius 3 is 3.00 bits per heavy atom. The second-order valence-corrected chi connectivity index (χ2v) is 3.86. The van der Waals surface area contributed by atoms with Crippen molar-refractivity contribution in [1.82, 2.24) is 9.97 Å². The highest BCUT2D eigenvalue weighted by molar-refractivity contribution is 6.30. The fourth-order valence-corrected chi connectivity index (χ4v) is 1.80. The lowest BCUT2D eigenvalue weighted by Crippen LogP contribution is -2.23. The molecular formula is C9H12ClN3O. The fourth-order valence-electron chi connectivity index (χ4n) is 1.67. The van der Waals surface area contributed by atoms with Crippen molar-refractivity contribution in [3.05, 3.63) is 17.0 Å². The van der Waals surface area contributed by atoms with E-state index in [0.717, 1.165) is 24.3 Å². The number of aliphatic hydroxyl groups excluding tert-OH is 1. The van der Waals surface area contributed by atoms with Crippen LogP contribution in [-0.2, 0) is 0 Å². The predicted octanol–water partition coefficient (Wildman–Crippen LogP) is 1.01. The molecule has 2 heterocycles. The summed E-state index contributed by atoms with van der Waals surface area (Å²) in [5, 5.41) is 9.89. The molecular weight excluding hydrogens is 202 g/mol. The molecule has 1 aromatic rings. The smallest absolute Gasteiger partial charge is 0.137 e. The Labute approximate surface area is 87.5 Å². The number of hydrogen-bond donors (Lipinski definition) is 1. The van der Waals surface area contributed by atoms with E-state index >= 15 is 0 Å². The molecule has 1 aliphatic rings. The summed E-state index contributed by atoms with van der Waals surface area (Å²) in [5.74, 6) is 0.835. The summed E-state index contributed by atoms with van der Waals surface area (Å²) < 4.78 is 0. The van der Waals surface area contributed by atoms with Crippen molar-refractivity contribution in [3.63, 3.8) is 0 Å². The van der Waals surface area contributed by atoms with Crippen LogP contribution in [0.1, 0.15) is 12.0 Å². The van der Waals surface area contributed by atoms with E-state index in [9.17, 15) is 5.11 Å². The van der Waals surface area contributed by atoms with Gasteiger partial charge in [0, 0.05) is 18.7 Å². The van der Waals surface area contributed by atoms with Gasteiger partial charge in [0.15, 0.2) is 0 Å². The van der Waals surface area contributed by atoms with Gasteiger partial charge in [-0.15, -0.1) is 0 Å². The molecule has 1 fully saturated rings. The minimum Gasteiger partial charge on any atom is -0.391 e. The second kappa shape index (κ2) is 3.71. The van der Waals surface area contributed by atoms with Gasteiger partial charge in [0.25, 0.3) is 0 Å². The summed E-state index contributed by atoms with van der Waals surface area (Å²) in [6.45, 7) is 3.35. The number of halogens is 1. The second-order valence-electron chi connectivity index (χ2n) is 3.50. The monoisotopic (exact) mass is 213 g/mol. The molecule has 0 radical (unpaired) electrons. The molecule has 76 valence electrons. The molecule has 0 spiro atoms. The normalized spacial score (nSPS) is 21.6. The lowest BCUT2D eigenvalue weighted by molar-refractivity contribution is 0.198. The van der Waals surface area contributed by atoms with E-state index in [2.05, 4.69) is 9.97 Å². The lowest BCUT2D eigenvalue weighted by Gasteiger charge is -2.18. The van der Waals surface area contributed by atoms with Gasteiger partial charge >= 0.3 is 0 Å². The Bertz CT molecular complexity index is 345. The van der Waals surface area contributed by atoms with Gasteiger partial charge in [0.05, 0.1) is 6.10 Å². The highest BCUT2D eigenvalue weighted by Crippen LogP contribution is 2.24. The summed E-state index contributed by atoms with van der Waals surface area (Å²) in [6, 6.07) is 0. The van der Waals surface area contributed by atoms with Crippen molar-refractivity contribution in [2.75, 3.05) is 18.0 Å². The van der Waals surface area contributed by atoms with Crippen LogP contribution in [0.25, 0.3) is 0 Å². The summed E-state index contributed by atoms with van der Waals surface area (Å²) in [7, 11) is 0. The molecule has 1 unspecified atom stereocenters. The Morgan fingerprint density at radius 2 is 2.36 bits per heavy atom. The molecule has 5 heteroatoms. The maximum absolute atomic E-state index is 9.40.